The van der Waals surface area contributed by atoms with Crippen molar-refractivity contribution in [2.24, 2.45) is 0 Å². The van der Waals surface area contributed by atoms with Crippen molar-refractivity contribution in [3.63, 3.8) is 0 Å². The summed E-state index contributed by atoms with van der Waals surface area (Å²) in [6, 6.07) is 8.51. The summed E-state index contributed by atoms with van der Waals surface area (Å²) in [5.74, 6) is -0.470. The van der Waals surface area contributed by atoms with Crippen LogP contribution in [0.5, 0.6) is 0 Å². The first-order chi connectivity index (χ1) is 15.4. The zero-order chi connectivity index (χ0) is 22.4. The van der Waals surface area contributed by atoms with E-state index in [0.717, 1.165) is 36.3 Å². The first-order valence-corrected chi connectivity index (χ1v) is 11.3. The first-order valence-electron chi connectivity index (χ1n) is 11.3. The number of nitrogens with one attached hydrogen (secondary N) is 1. The van der Waals surface area contributed by atoms with E-state index in [1.54, 1.807) is 23.1 Å². The number of nitrogens with zero attached hydrogens (tertiary/aromatic N) is 4. The molecule has 0 radical (unpaired) electrons. The second-order valence-electron chi connectivity index (χ2n) is 9.07. The summed E-state index contributed by atoms with van der Waals surface area (Å²) in [5, 5.41) is 3.21. The molecule has 5 rings (SSSR count). The van der Waals surface area contributed by atoms with Crippen molar-refractivity contribution in [3.8, 4) is 0 Å². The van der Waals surface area contributed by atoms with Crippen molar-refractivity contribution in [3.05, 3.63) is 69.0 Å². The Morgan fingerprint density at radius 2 is 2.09 bits per heavy atom. The Balaban J connectivity index is 1.44. The van der Waals surface area contributed by atoms with Crippen LogP contribution in [-0.4, -0.2) is 49.4 Å². The van der Waals surface area contributed by atoms with Gasteiger partial charge in [-0.2, -0.15) is 0 Å². The fourth-order valence-electron chi connectivity index (χ4n) is 4.94. The van der Waals surface area contributed by atoms with Gasteiger partial charge in [-0.3, -0.25) is 19.6 Å². The monoisotopic (exact) mass is 437 g/mol. The normalized spacial score (nSPS) is 19.1. The molecule has 1 fully saturated rings. The number of H-pyrrole nitrogens is 1. The second kappa shape index (κ2) is 8.16. The van der Waals surface area contributed by atoms with Gasteiger partial charge in [-0.15, -0.1) is 0 Å². The van der Waals surface area contributed by atoms with E-state index in [1.165, 1.54) is 10.6 Å². The molecule has 168 valence electrons. The molecule has 0 bridgehead atoms. The number of hydrogen-bond donors (Lipinski definition) is 1. The largest absolute Gasteiger partial charge is 0.334 e. The summed E-state index contributed by atoms with van der Waals surface area (Å²) in [4.78, 5) is 35.0. The molecule has 0 aliphatic carbocycles. The standard InChI is InChI=1S/C24H28FN5O2/c1-15(2)28-11-9-17-20(14-28)26-22-13-19(27-30(22)24(17)32)21-8-5-10-29(21)23(31)12-16-6-3-4-7-18(16)25/h3-4,6-7,13,15,21,27H,5,8-12,14H2,1-2H3/t21-/m1/s1. The number of carbonyl (C=O) groups excluding carboxylic acids is 1. The predicted octanol–water partition coefficient (Wildman–Crippen LogP) is 2.83. The molecule has 0 spiro atoms. The molecule has 8 heteroatoms. The van der Waals surface area contributed by atoms with Crippen molar-refractivity contribution in [1.29, 1.82) is 0 Å². The van der Waals surface area contributed by atoms with Crippen molar-refractivity contribution in [2.75, 3.05) is 13.1 Å². The quantitative estimate of drug-likeness (QED) is 0.681. The summed E-state index contributed by atoms with van der Waals surface area (Å²) < 4.78 is 15.6. The lowest BCUT2D eigenvalue weighted by atomic mass is 10.1. The fraction of sp³-hybridized carbons (Fsp3) is 0.458. The van der Waals surface area contributed by atoms with Gasteiger partial charge < -0.3 is 4.90 Å². The smallest absolute Gasteiger partial charge is 0.276 e. The molecule has 3 aromatic rings. The molecule has 4 heterocycles. The third-order valence-electron chi connectivity index (χ3n) is 6.78. The van der Waals surface area contributed by atoms with Gasteiger partial charge >= 0.3 is 0 Å². The van der Waals surface area contributed by atoms with Gasteiger partial charge in [0.1, 0.15) is 5.82 Å². The van der Waals surface area contributed by atoms with Crippen LogP contribution in [0.25, 0.3) is 5.65 Å². The van der Waals surface area contributed by atoms with E-state index < -0.39 is 0 Å². The minimum absolute atomic E-state index is 0.0287. The summed E-state index contributed by atoms with van der Waals surface area (Å²) in [6.07, 6.45) is 2.38. The Hall–Kier alpha value is -3.00. The maximum atomic E-state index is 14.0. The van der Waals surface area contributed by atoms with Crippen LogP contribution < -0.4 is 5.56 Å². The molecule has 32 heavy (non-hydrogen) atoms. The van der Waals surface area contributed by atoms with E-state index in [0.29, 0.717) is 36.8 Å². The molecule has 0 saturated carbocycles. The second-order valence-corrected chi connectivity index (χ2v) is 9.07. The van der Waals surface area contributed by atoms with Gasteiger partial charge in [-0.1, -0.05) is 18.2 Å². The molecular weight excluding hydrogens is 409 g/mol. The van der Waals surface area contributed by atoms with Crippen molar-refractivity contribution >= 4 is 11.6 Å². The van der Waals surface area contributed by atoms with E-state index in [2.05, 4.69) is 23.8 Å². The van der Waals surface area contributed by atoms with Gasteiger partial charge in [-0.05, 0) is 44.7 Å². The topological polar surface area (TPSA) is 73.7 Å². The predicted molar refractivity (Wildman–Crippen MR) is 119 cm³/mol. The maximum Gasteiger partial charge on any atom is 0.276 e. The molecular formula is C24H28FN5O2. The van der Waals surface area contributed by atoms with E-state index >= 15 is 0 Å². The number of rotatable bonds is 4. The number of aromatic nitrogens is 3. The Kier molecular flexibility index (Phi) is 5.33. The van der Waals surface area contributed by atoms with Gasteiger partial charge in [0.05, 0.1) is 23.9 Å². The lowest BCUT2D eigenvalue weighted by molar-refractivity contribution is -0.131. The summed E-state index contributed by atoms with van der Waals surface area (Å²) in [5.41, 5.74) is 3.35. The summed E-state index contributed by atoms with van der Waals surface area (Å²) in [6.45, 7) is 6.45. The van der Waals surface area contributed by atoms with E-state index in [-0.39, 0.29) is 29.7 Å². The zero-order valence-electron chi connectivity index (χ0n) is 18.5. The number of fused-ring (bicyclic) bond motifs is 2. The Labute approximate surface area is 185 Å². The Morgan fingerprint density at radius 3 is 2.88 bits per heavy atom. The third-order valence-corrected chi connectivity index (χ3v) is 6.78. The van der Waals surface area contributed by atoms with E-state index in [9.17, 15) is 14.0 Å². The van der Waals surface area contributed by atoms with Crippen LogP contribution in [0.1, 0.15) is 55.2 Å². The van der Waals surface area contributed by atoms with Gasteiger partial charge in [0, 0.05) is 37.3 Å². The van der Waals surface area contributed by atoms with Gasteiger partial charge in [0.15, 0.2) is 5.65 Å². The molecule has 2 aromatic heterocycles. The van der Waals surface area contributed by atoms with E-state index in [4.69, 9.17) is 4.98 Å². The lowest BCUT2D eigenvalue weighted by Crippen LogP contribution is -2.39. The molecule has 1 saturated heterocycles. The average molecular weight is 438 g/mol. The number of likely N-dealkylation sites (tertiary alicyclic amines) is 1. The minimum atomic E-state index is -0.362. The van der Waals surface area contributed by atoms with Crippen molar-refractivity contribution in [1.82, 2.24) is 24.4 Å². The number of aromatic amines is 1. The molecule has 2 aliphatic heterocycles. The Morgan fingerprint density at radius 1 is 1.28 bits per heavy atom. The molecule has 1 atom stereocenters. The third kappa shape index (κ3) is 3.62. The van der Waals surface area contributed by atoms with Crippen LogP contribution in [0.2, 0.25) is 0 Å². The summed E-state index contributed by atoms with van der Waals surface area (Å²) >= 11 is 0. The molecule has 2 aliphatic rings. The lowest BCUT2D eigenvalue weighted by Gasteiger charge is -2.30. The van der Waals surface area contributed by atoms with Crippen LogP contribution in [0, 0.1) is 5.82 Å². The minimum Gasteiger partial charge on any atom is -0.334 e. The van der Waals surface area contributed by atoms with Crippen LogP contribution >= 0.6 is 0 Å². The summed E-state index contributed by atoms with van der Waals surface area (Å²) in [7, 11) is 0. The number of halogens is 1. The van der Waals surface area contributed by atoms with Crippen LogP contribution in [-0.2, 0) is 24.2 Å². The highest BCUT2D eigenvalue weighted by molar-refractivity contribution is 5.79. The number of carbonyl (C=O) groups is 1. The van der Waals surface area contributed by atoms with Gasteiger partial charge in [0.25, 0.3) is 5.56 Å². The number of benzene rings is 1. The van der Waals surface area contributed by atoms with Gasteiger partial charge in [-0.25, -0.2) is 13.9 Å². The molecule has 1 aromatic carbocycles. The molecule has 1 amide bonds. The van der Waals surface area contributed by atoms with Gasteiger partial charge in [0.2, 0.25) is 5.91 Å². The average Bonchev–Trinajstić information content (AvgIpc) is 3.42. The Bertz CT molecular complexity index is 1230. The fourth-order valence-corrected chi connectivity index (χ4v) is 4.94. The molecule has 1 N–H and O–H groups in total. The molecule has 0 unspecified atom stereocenters. The van der Waals surface area contributed by atoms with Crippen LogP contribution in [0.3, 0.4) is 0 Å². The van der Waals surface area contributed by atoms with Crippen LogP contribution in [0.15, 0.2) is 35.1 Å². The zero-order valence-corrected chi connectivity index (χ0v) is 18.5. The number of amides is 1. The van der Waals surface area contributed by atoms with Crippen LogP contribution in [0.4, 0.5) is 4.39 Å². The molecule has 7 nitrogen and oxygen atoms in total. The SMILES string of the molecule is CC(C)N1CCc2c(nc3cc([C@H]4CCCN4C(=O)Cc4ccccc4F)[nH]n3c2=O)C1. The van der Waals surface area contributed by atoms with Crippen molar-refractivity contribution in [2.45, 2.75) is 58.2 Å². The first kappa shape index (κ1) is 20.9. The highest BCUT2D eigenvalue weighted by Gasteiger charge is 2.32. The van der Waals surface area contributed by atoms with Crippen molar-refractivity contribution < 1.29 is 9.18 Å². The van der Waals surface area contributed by atoms with E-state index in [1.807, 2.05) is 6.07 Å². The number of hydrogen-bond acceptors (Lipinski definition) is 4. The highest BCUT2D eigenvalue weighted by atomic mass is 19.1. The maximum absolute atomic E-state index is 14.0. The highest BCUT2D eigenvalue weighted by Crippen LogP contribution is 2.32.